The van der Waals surface area contributed by atoms with Gasteiger partial charge in [0, 0.05) is 16.5 Å². The lowest BCUT2D eigenvalue weighted by atomic mass is 10.0. The van der Waals surface area contributed by atoms with Crippen molar-refractivity contribution in [2.75, 3.05) is 12.3 Å². The molecule has 20 heavy (non-hydrogen) atoms. The Morgan fingerprint density at radius 3 is 2.75 bits per heavy atom. The molecule has 5 heteroatoms. The highest BCUT2D eigenvalue weighted by Gasteiger charge is 2.14. The summed E-state index contributed by atoms with van der Waals surface area (Å²) in [5.41, 5.74) is 0.619. The fraction of sp³-hybridized carbons (Fsp3) is 0.533. The zero-order chi connectivity index (χ0) is 15.1. The molecule has 3 nitrogen and oxygen atoms in total. The Morgan fingerprint density at radius 1 is 1.45 bits per heavy atom. The molecule has 0 saturated heterocycles. The molecule has 2 N–H and O–H groups in total. The predicted molar refractivity (Wildman–Crippen MR) is 85.6 cm³/mol. The number of carbonyl (C=O) groups is 1. The smallest absolute Gasteiger partial charge is 0.252 e. The Morgan fingerprint density at radius 2 is 2.15 bits per heavy atom. The number of aliphatic hydroxyl groups is 1. The number of benzene rings is 1. The molecule has 2 atom stereocenters. The first-order valence-electron chi connectivity index (χ1n) is 6.82. The summed E-state index contributed by atoms with van der Waals surface area (Å²) in [6.07, 6.45) is 0.325. The van der Waals surface area contributed by atoms with Crippen LogP contribution in [0.2, 0.25) is 5.02 Å². The quantitative estimate of drug-likeness (QED) is 0.756. The van der Waals surface area contributed by atoms with E-state index in [1.165, 1.54) is 0 Å². The van der Waals surface area contributed by atoms with Crippen molar-refractivity contribution in [2.45, 2.75) is 38.2 Å². The molecule has 0 radical (unpaired) electrons. The van der Waals surface area contributed by atoms with Crippen LogP contribution in [0.15, 0.2) is 23.1 Å². The Kier molecular flexibility index (Phi) is 7.41. The van der Waals surface area contributed by atoms with Crippen LogP contribution in [0.4, 0.5) is 0 Å². The largest absolute Gasteiger partial charge is 0.393 e. The van der Waals surface area contributed by atoms with Crippen LogP contribution >= 0.6 is 23.4 Å². The number of aliphatic hydroxyl groups excluding tert-OH is 1. The van der Waals surface area contributed by atoms with Gasteiger partial charge in [-0.3, -0.25) is 4.79 Å². The zero-order valence-corrected chi connectivity index (χ0v) is 13.7. The van der Waals surface area contributed by atoms with E-state index in [9.17, 15) is 9.90 Å². The lowest BCUT2D eigenvalue weighted by Crippen LogP contribution is -2.29. The molecular formula is C15H22ClNO2S. The number of thioether (sulfide) groups is 1. The lowest BCUT2D eigenvalue weighted by molar-refractivity contribution is 0.0936. The van der Waals surface area contributed by atoms with Gasteiger partial charge in [0.05, 0.1) is 11.7 Å². The van der Waals surface area contributed by atoms with Crippen molar-refractivity contribution in [2.24, 2.45) is 5.92 Å². The molecule has 0 aromatic heterocycles. The monoisotopic (exact) mass is 315 g/mol. The van der Waals surface area contributed by atoms with Gasteiger partial charge in [-0.25, -0.2) is 0 Å². The molecule has 0 bridgehead atoms. The van der Waals surface area contributed by atoms with Crippen LogP contribution in [0.1, 0.15) is 37.6 Å². The molecule has 1 amide bonds. The third kappa shape index (κ3) is 5.73. The van der Waals surface area contributed by atoms with E-state index in [1.54, 1.807) is 30.8 Å². The molecule has 0 spiro atoms. The topological polar surface area (TPSA) is 49.3 Å². The Labute approximate surface area is 130 Å². The molecule has 0 aliphatic heterocycles. The third-order valence-corrected chi connectivity index (χ3v) is 4.03. The molecule has 1 rings (SSSR count). The summed E-state index contributed by atoms with van der Waals surface area (Å²) in [5.74, 6) is 1.03. The highest BCUT2D eigenvalue weighted by atomic mass is 35.5. The molecule has 0 saturated carbocycles. The summed E-state index contributed by atoms with van der Waals surface area (Å²) in [5, 5.41) is 12.8. The standard InChI is InChI=1S/C15H22ClNO2S/c1-4-20-14-6-5-12(16)8-13(14)15(19)17-9-10(2)7-11(3)18/h5-6,8,10-11,18H,4,7,9H2,1-3H3,(H,17,19)/t10-,11-/m1/s1. The van der Waals surface area contributed by atoms with Gasteiger partial charge >= 0.3 is 0 Å². The van der Waals surface area contributed by atoms with Crippen LogP contribution in [0.25, 0.3) is 0 Å². The zero-order valence-electron chi connectivity index (χ0n) is 12.1. The average Bonchev–Trinajstić information content (AvgIpc) is 2.37. The Balaban J connectivity index is 2.69. The summed E-state index contributed by atoms with van der Waals surface area (Å²) >= 11 is 7.59. The fourth-order valence-corrected chi connectivity index (χ4v) is 2.94. The first-order chi connectivity index (χ1) is 9.43. The van der Waals surface area contributed by atoms with E-state index in [-0.39, 0.29) is 17.9 Å². The van der Waals surface area contributed by atoms with Crippen molar-refractivity contribution in [3.8, 4) is 0 Å². The van der Waals surface area contributed by atoms with Crippen LogP contribution in [-0.4, -0.2) is 29.4 Å². The van der Waals surface area contributed by atoms with Crippen LogP contribution in [-0.2, 0) is 0 Å². The number of carbonyl (C=O) groups excluding carboxylic acids is 1. The van der Waals surface area contributed by atoms with E-state index in [1.807, 2.05) is 19.9 Å². The van der Waals surface area contributed by atoms with Gasteiger partial charge in [0.25, 0.3) is 5.91 Å². The van der Waals surface area contributed by atoms with Gasteiger partial charge in [-0.05, 0) is 43.2 Å². The van der Waals surface area contributed by atoms with Gasteiger partial charge in [0.1, 0.15) is 0 Å². The number of hydrogen-bond acceptors (Lipinski definition) is 3. The molecule has 0 heterocycles. The molecule has 1 aromatic rings. The Bertz CT molecular complexity index is 451. The fourth-order valence-electron chi connectivity index (χ4n) is 1.99. The SMILES string of the molecule is CCSc1ccc(Cl)cc1C(=O)NC[C@H](C)C[C@@H](C)O. The van der Waals surface area contributed by atoms with Crippen molar-refractivity contribution in [1.29, 1.82) is 0 Å². The number of rotatable bonds is 7. The van der Waals surface area contributed by atoms with Gasteiger partial charge in [-0.1, -0.05) is 25.4 Å². The summed E-state index contributed by atoms with van der Waals surface area (Å²) in [4.78, 5) is 13.2. The maximum atomic E-state index is 12.2. The maximum Gasteiger partial charge on any atom is 0.252 e. The van der Waals surface area contributed by atoms with Crippen LogP contribution < -0.4 is 5.32 Å². The second-order valence-electron chi connectivity index (χ2n) is 4.97. The van der Waals surface area contributed by atoms with Crippen LogP contribution in [0.3, 0.4) is 0 Å². The maximum absolute atomic E-state index is 12.2. The summed E-state index contributed by atoms with van der Waals surface area (Å²) < 4.78 is 0. The van der Waals surface area contributed by atoms with Gasteiger partial charge in [0.15, 0.2) is 0 Å². The van der Waals surface area contributed by atoms with E-state index in [0.29, 0.717) is 23.6 Å². The number of amides is 1. The van der Waals surface area contributed by atoms with E-state index >= 15 is 0 Å². The minimum absolute atomic E-state index is 0.110. The van der Waals surface area contributed by atoms with Gasteiger partial charge in [-0.2, -0.15) is 0 Å². The third-order valence-electron chi connectivity index (χ3n) is 2.84. The van der Waals surface area contributed by atoms with E-state index in [0.717, 1.165) is 10.6 Å². The Hall–Kier alpha value is -0.710. The molecule has 112 valence electrons. The highest BCUT2D eigenvalue weighted by molar-refractivity contribution is 7.99. The van der Waals surface area contributed by atoms with E-state index < -0.39 is 0 Å². The van der Waals surface area contributed by atoms with Gasteiger partial charge in [0.2, 0.25) is 0 Å². The second kappa shape index (κ2) is 8.55. The lowest BCUT2D eigenvalue weighted by Gasteiger charge is -2.15. The van der Waals surface area contributed by atoms with Crippen LogP contribution in [0.5, 0.6) is 0 Å². The van der Waals surface area contributed by atoms with Crippen molar-refractivity contribution in [3.63, 3.8) is 0 Å². The van der Waals surface area contributed by atoms with Crippen molar-refractivity contribution in [3.05, 3.63) is 28.8 Å². The molecule has 0 aliphatic carbocycles. The van der Waals surface area contributed by atoms with Crippen LogP contribution in [0, 0.1) is 5.92 Å². The molecule has 0 unspecified atom stereocenters. The summed E-state index contributed by atoms with van der Waals surface area (Å²) in [7, 11) is 0. The minimum Gasteiger partial charge on any atom is -0.393 e. The average molecular weight is 316 g/mol. The van der Waals surface area contributed by atoms with Crippen molar-refractivity contribution < 1.29 is 9.90 Å². The minimum atomic E-state index is -0.348. The number of nitrogens with one attached hydrogen (secondary N) is 1. The van der Waals surface area contributed by atoms with Gasteiger partial charge < -0.3 is 10.4 Å². The first-order valence-corrected chi connectivity index (χ1v) is 8.19. The number of hydrogen-bond donors (Lipinski definition) is 2. The highest BCUT2D eigenvalue weighted by Crippen LogP contribution is 2.25. The molecule has 1 aromatic carbocycles. The number of halogens is 1. The van der Waals surface area contributed by atoms with Gasteiger partial charge in [-0.15, -0.1) is 11.8 Å². The second-order valence-corrected chi connectivity index (χ2v) is 6.72. The van der Waals surface area contributed by atoms with Crippen molar-refractivity contribution in [1.82, 2.24) is 5.32 Å². The summed E-state index contributed by atoms with van der Waals surface area (Å²) in [6.45, 7) is 6.36. The predicted octanol–water partition coefficient (Wildman–Crippen LogP) is 3.59. The normalized spacial score (nSPS) is 13.8. The first kappa shape index (κ1) is 17.3. The van der Waals surface area contributed by atoms with E-state index in [2.05, 4.69) is 5.32 Å². The van der Waals surface area contributed by atoms with E-state index in [4.69, 9.17) is 11.6 Å². The molecule has 0 fully saturated rings. The molecule has 0 aliphatic rings. The molecular weight excluding hydrogens is 294 g/mol. The van der Waals surface area contributed by atoms with Crippen molar-refractivity contribution >= 4 is 29.3 Å². The summed E-state index contributed by atoms with van der Waals surface area (Å²) in [6, 6.07) is 5.38.